The van der Waals surface area contributed by atoms with Crippen LogP contribution in [-0.2, 0) is 9.59 Å². The Morgan fingerprint density at radius 1 is 0.967 bits per heavy atom. The first kappa shape index (κ1) is 20.2. The van der Waals surface area contributed by atoms with Crippen LogP contribution < -0.4 is 14.8 Å². The molecule has 1 heterocycles. The van der Waals surface area contributed by atoms with Gasteiger partial charge in [0.1, 0.15) is 0 Å². The fourth-order valence-electron chi connectivity index (χ4n) is 4.49. The van der Waals surface area contributed by atoms with Gasteiger partial charge in [-0.3, -0.25) is 9.59 Å². The van der Waals surface area contributed by atoms with Gasteiger partial charge >= 0.3 is 0 Å². The van der Waals surface area contributed by atoms with E-state index in [1.165, 1.54) is 5.56 Å². The number of aryl methyl sites for hydroxylation is 1. The van der Waals surface area contributed by atoms with Crippen LogP contribution in [-0.4, -0.2) is 25.4 Å². The molecule has 2 unspecified atom stereocenters. The second-order valence-corrected chi connectivity index (χ2v) is 7.98. The minimum atomic E-state index is -0.259. The van der Waals surface area contributed by atoms with E-state index in [2.05, 4.69) is 29.6 Å². The number of rotatable bonds is 5. The van der Waals surface area contributed by atoms with Crippen molar-refractivity contribution in [2.45, 2.75) is 44.9 Å². The number of Topliss-reactive ketones (excluding diaryl/α,β-unsaturated/α-hetero) is 1. The maximum absolute atomic E-state index is 13.2. The number of amides is 1. The van der Waals surface area contributed by atoms with Crippen molar-refractivity contribution in [2.75, 3.05) is 13.7 Å². The summed E-state index contributed by atoms with van der Waals surface area (Å²) in [5.41, 5.74) is 4.74. The molecule has 0 fully saturated rings. The Bertz CT molecular complexity index is 1010. The highest BCUT2D eigenvalue weighted by Crippen LogP contribution is 2.44. The zero-order valence-corrected chi connectivity index (χ0v) is 17.7. The van der Waals surface area contributed by atoms with Gasteiger partial charge in [0.15, 0.2) is 17.3 Å². The van der Waals surface area contributed by atoms with E-state index in [1.807, 2.05) is 32.0 Å². The van der Waals surface area contributed by atoms with Crippen LogP contribution in [0.1, 0.15) is 54.7 Å². The summed E-state index contributed by atoms with van der Waals surface area (Å²) in [5.74, 6) is 1.16. The van der Waals surface area contributed by atoms with E-state index in [9.17, 15) is 9.59 Å². The van der Waals surface area contributed by atoms with Gasteiger partial charge in [-0.15, -0.1) is 0 Å². The lowest BCUT2D eigenvalue weighted by molar-refractivity contribution is -0.122. The van der Waals surface area contributed by atoms with Gasteiger partial charge in [-0.2, -0.15) is 0 Å². The normalized spacial score (nSPS) is 21.2. The molecule has 30 heavy (non-hydrogen) atoms. The van der Waals surface area contributed by atoms with Crippen molar-refractivity contribution in [3.8, 4) is 11.5 Å². The van der Waals surface area contributed by atoms with Crippen LogP contribution in [0.3, 0.4) is 0 Å². The van der Waals surface area contributed by atoms with E-state index in [4.69, 9.17) is 9.47 Å². The van der Waals surface area contributed by atoms with Crippen LogP contribution >= 0.6 is 0 Å². The number of ether oxygens (including phenoxy) is 2. The van der Waals surface area contributed by atoms with Crippen LogP contribution in [0.2, 0.25) is 0 Å². The van der Waals surface area contributed by atoms with Gasteiger partial charge in [0.25, 0.3) is 0 Å². The predicted octanol–water partition coefficient (Wildman–Crippen LogP) is 4.41. The topological polar surface area (TPSA) is 64.6 Å². The van der Waals surface area contributed by atoms with Gasteiger partial charge in [-0.1, -0.05) is 35.9 Å². The average Bonchev–Trinajstić information content (AvgIpc) is 2.73. The number of benzene rings is 2. The van der Waals surface area contributed by atoms with E-state index < -0.39 is 0 Å². The van der Waals surface area contributed by atoms with E-state index in [-0.39, 0.29) is 29.9 Å². The molecule has 1 amide bonds. The molecule has 1 aliphatic heterocycles. The van der Waals surface area contributed by atoms with Crippen molar-refractivity contribution < 1.29 is 19.1 Å². The molecule has 5 heteroatoms. The summed E-state index contributed by atoms with van der Waals surface area (Å²) in [7, 11) is 1.60. The minimum absolute atomic E-state index is 0.0519. The summed E-state index contributed by atoms with van der Waals surface area (Å²) in [6, 6.07) is 14.0. The lowest BCUT2D eigenvalue weighted by Gasteiger charge is -2.34. The number of methoxy groups -OCH3 is 1. The molecule has 5 nitrogen and oxygen atoms in total. The number of allylic oxidation sites excluding steroid dienone is 2. The summed E-state index contributed by atoms with van der Waals surface area (Å²) in [4.78, 5) is 25.7. The molecule has 0 saturated carbocycles. The van der Waals surface area contributed by atoms with E-state index in [0.29, 0.717) is 30.9 Å². The summed E-state index contributed by atoms with van der Waals surface area (Å²) in [6.07, 6.45) is 1.39. The third-order valence-electron chi connectivity index (χ3n) is 5.97. The van der Waals surface area contributed by atoms with Gasteiger partial charge in [0.05, 0.1) is 13.7 Å². The Labute approximate surface area is 177 Å². The number of ketones is 1. The van der Waals surface area contributed by atoms with Crippen molar-refractivity contribution in [1.29, 1.82) is 0 Å². The second-order valence-electron chi connectivity index (χ2n) is 7.98. The molecule has 2 atom stereocenters. The van der Waals surface area contributed by atoms with Crippen LogP contribution in [0.4, 0.5) is 0 Å². The zero-order chi connectivity index (χ0) is 21.3. The molecule has 2 aliphatic rings. The molecule has 2 aromatic carbocycles. The SMILES string of the molecule is CCOc1ccc(C2CC(=O)NC3=C2C(=O)CC(c2ccc(C)cc2)C3)cc1OC. The molecule has 4 rings (SSSR count). The first-order valence-corrected chi connectivity index (χ1v) is 10.4. The van der Waals surface area contributed by atoms with Gasteiger partial charge < -0.3 is 14.8 Å². The second kappa shape index (κ2) is 8.34. The first-order chi connectivity index (χ1) is 14.5. The highest BCUT2D eigenvalue weighted by atomic mass is 16.5. The third kappa shape index (κ3) is 3.84. The van der Waals surface area contributed by atoms with Gasteiger partial charge in [0, 0.05) is 30.0 Å². The highest BCUT2D eigenvalue weighted by molar-refractivity contribution is 6.02. The predicted molar refractivity (Wildman–Crippen MR) is 115 cm³/mol. The molecule has 0 bridgehead atoms. The Morgan fingerprint density at radius 3 is 2.40 bits per heavy atom. The lowest BCUT2D eigenvalue weighted by Crippen LogP contribution is -2.38. The van der Waals surface area contributed by atoms with Crippen LogP contribution in [0, 0.1) is 6.92 Å². The third-order valence-corrected chi connectivity index (χ3v) is 5.97. The number of nitrogens with one attached hydrogen (secondary N) is 1. The fourth-order valence-corrected chi connectivity index (χ4v) is 4.49. The van der Waals surface area contributed by atoms with Crippen LogP contribution in [0.5, 0.6) is 11.5 Å². The minimum Gasteiger partial charge on any atom is -0.493 e. The molecular formula is C25H27NO4. The first-order valence-electron chi connectivity index (χ1n) is 10.4. The van der Waals surface area contributed by atoms with Crippen molar-refractivity contribution in [1.82, 2.24) is 5.32 Å². The standard InChI is InChI=1S/C25H27NO4/c1-4-30-22-10-9-17(13-23(22)29-3)19-14-24(28)26-20-11-18(12-21(27)25(19)20)16-7-5-15(2)6-8-16/h5-10,13,18-19H,4,11-12,14H2,1-3H3,(H,26,28). The van der Waals surface area contributed by atoms with Crippen LogP contribution in [0.25, 0.3) is 0 Å². The van der Waals surface area contributed by atoms with Crippen molar-refractivity contribution in [3.63, 3.8) is 0 Å². The van der Waals surface area contributed by atoms with E-state index >= 15 is 0 Å². The Morgan fingerprint density at radius 2 is 1.70 bits per heavy atom. The summed E-state index contributed by atoms with van der Waals surface area (Å²) >= 11 is 0. The fraction of sp³-hybridized carbons (Fsp3) is 0.360. The van der Waals surface area contributed by atoms with Crippen LogP contribution in [0.15, 0.2) is 53.7 Å². The van der Waals surface area contributed by atoms with Gasteiger partial charge in [-0.25, -0.2) is 0 Å². The highest BCUT2D eigenvalue weighted by Gasteiger charge is 2.38. The van der Waals surface area contributed by atoms with E-state index in [1.54, 1.807) is 7.11 Å². The van der Waals surface area contributed by atoms with Gasteiger partial charge in [0.2, 0.25) is 5.91 Å². The Hall–Kier alpha value is -3.08. The van der Waals surface area contributed by atoms with Crippen molar-refractivity contribution in [3.05, 3.63) is 70.4 Å². The maximum atomic E-state index is 13.2. The summed E-state index contributed by atoms with van der Waals surface area (Å²) < 4.78 is 11.1. The average molecular weight is 405 g/mol. The largest absolute Gasteiger partial charge is 0.493 e. The van der Waals surface area contributed by atoms with Gasteiger partial charge in [-0.05, 0) is 49.4 Å². The number of carbonyl (C=O) groups excluding carboxylic acids is 2. The number of hydrogen-bond acceptors (Lipinski definition) is 4. The Kier molecular flexibility index (Phi) is 5.62. The van der Waals surface area contributed by atoms with E-state index in [0.717, 1.165) is 22.4 Å². The molecule has 2 aromatic rings. The molecule has 156 valence electrons. The zero-order valence-electron chi connectivity index (χ0n) is 17.7. The molecule has 0 radical (unpaired) electrons. The number of hydrogen-bond donors (Lipinski definition) is 1. The monoisotopic (exact) mass is 405 g/mol. The smallest absolute Gasteiger partial charge is 0.225 e. The molecule has 0 aromatic heterocycles. The van der Waals surface area contributed by atoms with Crippen molar-refractivity contribution in [2.24, 2.45) is 0 Å². The summed E-state index contributed by atoms with van der Waals surface area (Å²) in [5, 5.41) is 2.98. The molecular weight excluding hydrogens is 378 g/mol. The molecule has 0 spiro atoms. The summed E-state index contributed by atoms with van der Waals surface area (Å²) in [6.45, 7) is 4.50. The quantitative estimate of drug-likeness (QED) is 0.800. The lowest BCUT2D eigenvalue weighted by atomic mass is 9.73. The Balaban J connectivity index is 1.69. The van der Waals surface area contributed by atoms with Crippen molar-refractivity contribution >= 4 is 11.7 Å². The number of carbonyl (C=O) groups is 2. The molecule has 1 N–H and O–H groups in total. The maximum Gasteiger partial charge on any atom is 0.225 e. The molecule has 0 saturated heterocycles. The molecule has 1 aliphatic carbocycles.